The summed E-state index contributed by atoms with van der Waals surface area (Å²) in [7, 11) is 0. The smallest absolute Gasteiger partial charge is 0.243 e. The molecule has 5 nitrogen and oxygen atoms in total. The van der Waals surface area contributed by atoms with Gasteiger partial charge in [0.1, 0.15) is 0 Å². The summed E-state index contributed by atoms with van der Waals surface area (Å²) >= 11 is 0. The van der Waals surface area contributed by atoms with E-state index in [-0.39, 0.29) is 23.3 Å². The number of aryl methyl sites for hydroxylation is 1. The first-order valence-electron chi connectivity index (χ1n) is 7.30. The van der Waals surface area contributed by atoms with E-state index < -0.39 is 5.95 Å². The Morgan fingerprint density at radius 1 is 1.50 bits per heavy atom. The van der Waals surface area contributed by atoms with E-state index in [2.05, 4.69) is 15.6 Å². The molecule has 0 radical (unpaired) electrons. The van der Waals surface area contributed by atoms with Crippen LogP contribution in [0.3, 0.4) is 0 Å². The number of halogens is 1. The molecule has 0 saturated heterocycles. The van der Waals surface area contributed by atoms with Gasteiger partial charge in [-0.15, -0.1) is 0 Å². The number of carbonyl (C=O) groups is 1. The molecule has 2 aromatic rings. The maximum atomic E-state index is 13.7. The highest BCUT2D eigenvalue weighted by Gasteiger charge is 2.43. The molecule has 1 aromatic carbocycles. The van der Waals surface area contributed by atoms with Crippen molar-refractivity contribution in [3.8, 4) is 0 Å². The van der Waals surface area contributed by atoms with Crippen LogP contribution in [-0.2, 0) is 11.3 Å². The van der Waals surface area contributed by atoms with Crippen LogP contribution >= 0.6 is 0 Å². The number of carbonyl (C=O) groups excluding carboxylic acids is 1. The van der Waals surface area contributed by atoms with Crippen molar-refractivity contribution in [2.45, 2.75) is 25.8 Å². The fraction of sp³-hybridized carbons (Fsp3) is 0.312. The van der Waals surface area contributed by atoms with Crippen LogP contribution in [0.25, 0.3) is 0 Å². The fourth-order valence-corrected chi connectivity index (χ4v) is 2.49. The predicted octanol–water partition coefficient (Wildman–Crippen LogP) is 2.30. The Labute approximate surface area is 127 Å². The van der Waals surface area contributed by atoms with Gasteiger partial charge in [-0.2, -0.15) is 14.6 Å². The van der Waals surface area contributed by atoms with Gasteiger partial charge < -0.3 is 0 Å². The van der Waals surface area contributed by atoms with E-state index in [0.717, 1.165) is 6.42 Å². The standard InChI is InChI=1S/C16H17FN4O/c1-2-21-15(17)12(10-19-21)9-18-20-16(22)14-8-13(14)11-6-4-3-5-7-11/h3-7,9-10,13-14H,2,8H2,1H3,(H,20,22)/b18-9+. The third kappa shape index (κ3) is 2.90. The van der Waals surface area contributed by atoms with Gasteiger partial charge in [0.15, 0.2) is 0 Å². The second-order valence-electron chi connectivity index (χ2n) is 5.30. The lowest BCUT2D eigenvalue weighted by Crippen LogP contribution is -2.20. The summed E-state index contributed by atoms with van der Waals surface area (Å²) in [6.45, 7) is 2.25. The lowest BCUT2D eigenvalue weighted by Gasteiger charge is -1.99. The minimum atomic E-state index is -0.450. The molecule has 1 heterocycles. The molecule has 0 bridgehead atoms. The zero-order valence-corrected chi connectivity index (χ0v) is 12.2. The van der Waals surface area contributed by atoms with Crippen molar-refractivity contribution in [3.63, 3.8) is 0 Å². The molecular weight excluding hydrogens is 283 g/mol. The number of aromatic nitrogens is 2. The number of benzene rings is 1. The first-order chi connectivity index (χ1) is 10.7. The van der Waals surface area contributed by atoms with E-state index in [1.54, 1.807) is 6.92 Å². The Balaban J connectivity index is 1.55. The summed E-state index contributed by atoms with van der Waals surface area (Å²) in [6, 6.07) is 9.94. The van der Waals surface area contributed by atoms with Crippen LogP contribution in [0, 0.1) is 11.9 Å². The second-order valence-corrected chi connectivity index (χ2v) is 5.30. The van der Waals surface area contributed by atoms with Crippen molar-refractivity contribution in [2.75, 3.05) is 0 Å². The van der Waals surface area contributed by atoms with Crippen molar-refractivity contribution < 1.29 is 9.18 Å². The van der Waals surface area contributed by atoms with Crippen molar-refractivity contribution in [1.82, 2.24) is 15.2 Å². The lowest BCUT2D eigenvalue weighted by molar-refractivity contribution is -0.122. The Bertz CT molecular complexity index is 695. The summed E-state index contributed by atoms with van der Waals surface area (Å²) < 4.78 is 14.9. The maximum absolute atomic E-state index is 13.7. The number of rotatable bonds is 5. The van der Waals surface area contributed by atoms with E-state index in [4.69, 9.17) is 0 Å². The van der Waals surface area contributed by atoms with Gasteiger partial charge in [0.25, 0.3) is 0 Å². The van der Waals surface area contributed by atoms with Crippen LogP contribution in [0.15, 0.2) is 41.6 Å². The summed E-state index contributed by atoms with van der Waals surface area (Å²) in [5.74, 6) is -0.374. The zero-order valence-electron chi connectivity index (χ0n) is 12.2. The third-order valence-electron chi connectivity index (χ3n) is 3.83. The van der Waals surface area contributed by atoms with Crippen molar-refractivity contribution in [3.05, 3.63) is 53.6 Å². The summed E-state index contributed by atoms with van der Waals surface area (Å²) in [4.78, 5) is 12.0. The van der Waals surface area contributed by atoms with E-state index in [1.807, 2.05) is 30.3 Å². The zero-order chi connectivity index (χ0) is 15.5. The molecule has 1 aliphatic carbocycles. The SMILES string of the molecule is CCn1ncc(/C=N/NC(=O)C2CC2c2ccccc2)c1F. The molecule has 1 fully saturated rings. The lowest BCUT2D eigenvalue weighted by atomic mass is 10.1. The fourth-order valence-electron chi connectivity index (χ4n) is 2.49. The first kappa shape index (κ1) is 14.4. The summed E-state index contributed by atoms with van der Waals surface area (Å²) in [6.07, 6.45) is 3.50. The molecule has 22 heavy (non-hydrogen) atoms. The third-order valence-corrected chi connectivity index (χ3v) is 3.83. The van der Waals surface area contributed by atoms with Crippen LogP contribution < -0.4 is 5.43 Å². The largest absolute Gasteiger partial charge is 0.273 e. The van der Waals surface area contributed by atoms with Crippen molar-refractivity contribution in [1.29, 1.82) is 0 Å². The maximum Gasteiger partial charge on any atom is 0.243 e. The van der Waals surface area contributed by atoms with E-state index in [0.29, 0.717) is 6.54 Å². The van der Waals surface area contributed by atoms with Crippen LogP contribution in [-0.4, -0.2) is 21.9 Å². The number of hydrogen-bond donors (Lipinski definition) is 1. The van der Waals surface area contributed by atoms with Crippen LogP contribution in [0.5, 0.6) is 0 Å². The summed E-state index contributed by atoms with van der Waals surface area (Å²) in [5.41, 5.74) is 3.90. The predicted molar refractivity (Wildman–Crippen MR) is 80.9 cm³/mol. The van der Waals surface area contributed by atoms with Crippen molar-refractivity contribution in [2.24, 2.45) is 11.0 Å². The average Bonchev–Trinajstić information content (AvgIpc) is 3.28. The molecule has 1 amide bonds. The molecule has 1 saturated carbocycles. The van der Waals surface area contributed by atoms with E-state index >= 15 is 0 Å². The van der Waals surface area contributed by atoms with Gasteiger partial charge in [-0.25, -0.2) is 10.1 Å². The quantitative estimate of drug-likeness (QED) is 0.680. The van der Waals surface area contributed by atoms with Crippen LogP contribution in [0.4, 0.5) is 4.39 Å². The van der Waals surface area contributed by atoms with Gasteiger partial charge in [0.2, 0.25) is 11.9 Å². The van der Waals surface area contributed by atoms with Gasteiger partial charge in [-0.1, -0.05) is 30.3 Å². The molecular formula is C16H17FN4O. The number of hydrogen-bond acceptors (Lipinski definition) is 3. The average molecular weight is 300 g/mol. The number of nitrogens with zero attached hydrogens (tertiary/aromatic N) is 3. The molecule has 0 spiro atoms. The van der Waals surface area contributed by atoms with Crippen LogP contribution in [0.1, 0.15) is 30.4 Å². The normalized spacial score (nSPS) is 20.3. The number of nitrogens with one attached hydrogen (secondary N) is 1. The van der Waals surface area contributed by atoms with Gasteiger partial charge in [-0.05, 0) is 24.8 Å². The number of amides is 1. The molecule has 1 aliphatic rings. The molecule has 1 aromatic heterocycles. The topological polar surface area (TPSA) is 59.3 Å². The highest BCUT2D eigenvalue weighted by molar-refractivity contribution is 5.85. The molecule has 0 aliphatic heterocycles. The molecule has 114 valence electrons. The minimum absolute atomic E-state index is 0.0530. The van der Waals surface area contributed by atoms with E-state index in [1.165, 1.54) is 22.7 Å². The molecule has 6 heteroatoms. The van der Waals surface area contributed by atoms with Gasteiger partial charge >= 0.3 is 0 Å². The summed E-state index contributed by atoms with van der Waals surface area (Å²) in [5, 5.41) is 7.69. The molecule has 2 atom stereocenters. The number of hydrazone groups is 1. The van der Waals surface area contributed by atoms with Gasteiger partial charge in [0.05, 0.1) is 18.0 Å². The monoisotopic (exact) mass is 300 g/mol. The Morgan fingerprint density at radius 3 is 2.95 bits per heavy atom. The Hall–Kier alpha value is -2.50. The second kappa shape index (κ2) is 6.09. The molecule has 3 rings (SSSR count). The van der Waals surface area contributed by atoms with E-state index in [9.17, 15) is 9.18 Å². The van der Waals surface area contributed by atoms with Gasteiger partial charge in [0, 0.05) is 12.5 Å². The van der Waals surface area contributed by atoms with Gasteiger partial charge in [-0.3, -0.25) is 4.79 Å². The Morgan fingerprint density at radius 2 is 2.27 bits per heavy atom. The first-order valence-corrected chi connectivity index (χ1v) is 7.30. The highest BCUT2D eigenvalue weighted by atomic mass is 19.1. The minimum Gasteiger partial charge on any atom is -0.273 e. The van der Waals surface area contributed by atoms with Crippen LogP contribution in [0.2, 0.25) is 0 Å². The Kier molecular flexibility index (Phi) is 4.00. The molecule has 1 N–H and O–H groups in total. The molecule has 2 unspecified atom stereocenters. The van der Waals surface area contributed by atoms with Crippen molar-refractivity contribution >= 4 is 12.1 Å². The highest BCUT2D eigenvalue weighted by Crippen LogP contribution is 2.47.